The number of hydrogen-bond acceptors (Lipinski definition) is 3. The van der Waals surface area contributed by atoms with E-state index in [1.165, 1.54) is 31.4 Å². The molecule has 1 aromatic carbocycles. The molecule has 1 saturated heterocycles. The van der Waals surface area contributed by atoms with Crippen molar-refractivity contribution in [2.75, 3.05) is 40.0 Å². The lowest BCUT2D eigenvalue weighted by molar-refractivity contribution is -0.149. The first-order valence-corrected chi connectivity index (χ1v) is 24.7. The molecular weight excluding hydrogens is 690 g/mol. The van der Waals surface area contributed by atoms with Crippen molar-refractivity contribution in [2.45, 2.75) is 57.4 Å². The second-order valence-corrected chi connectivity index (χ2v) is 24.8. The molecular formula is C52H60FNO2. The smallest absolute Gasteiger partial charge is 0.123 e. The first-order valence-electron chi connectivity index (χ1n) is 24.7. The summed E-state index contributed by atoms with van der Waals surface area (Å²) in [6, 6.07) is 8.55. The van der Waals surface area contributed by atoms with Crippen molar-refractivity contribution in [1.82, 2.24) is 4.90 Å². The summed E-state index contributed by atoms with van der Waals surface area (Å²) < 4.78 is 26.6. The van der Waals surface area contributed by atoms with Gasteiger partial charge in [-0.25, -0.2) is 4.39 Å². The third kappa shape index (κ3) is 2.81. The number of allylic oxidation sites excluding steroid dienone is 3. The Kier molecular flexibility index (Phi) is 5.10. The van der Waals surface area contributed by atoms with Gasteiger partial charge in [0.1, 0.15) is 5.82 Å². The van der Waals surface area contributed by atoms with Crippen LogP contribution in [0.2, 0.25) is 0 Å². The molecule has 0 bridgehead atoms. The zero-order valence-corrected chi connectivity index (χ0v) is 33.2. The van der Waals surface area contributed by atoms with E-state index in [4.69, 9.17) is 9.47 Å². The fraction of sp³-hybridized carbons (Fsp3) is 0.808. The van der Waals surface area contributed by atoms with Crippen LogP contribution in [0.5, 0.6) is 0 Å². The molecule has 16 aliphatic carbocycles. The van der Waals surface area contributed by atoms with Gasteiger partial charge in [-0.05, 0) is 211 Å². The van der Waals surface area contributed by atoms with Gasteiger partial charge >= 0.3 is 0 Å². The zero-order valence-electron chi connectivity index (χ0n) is 33.2. The van der Waals surface area contributed by atoms with E-state index in [9.17, 15) is 4.39 Å². The monoisotopic (exact) mass is 749 g/mol. The van der Waals surface area contributed by atoms with Crippen LogP contribution in [-0.4, -0.2) is 44.9 Å². The lowest BCUT2D eigenvalue weighted by atomic mass is 9.41. The number of fused-ring (bicyclic) bond motifs is 1. The van der Waals surface area contributed by atoms with Gasteiger partial charge in [-0.3, -0.25) is 4.90 Å². The maximum absolute atomic E-state index is 14.9. The Morgan fingerprint density at radius 1 is 0.643 bits per heavy atom. The van der Waals surface area contributed by atoms with Crippen LogP contribution >= 0.6 is 0 Å². The van der Waals surface area contributed by atoms with Crippen molar-refractivity contribution in [3.05, 3.63) is 57.9 Å². The van der Waals surface area contributed by atoms with Gasteiger partial charge in [0, 0.05) is 43.5 Å². The lowest BCUT2D eigenvalue weighted by Crippen LogP contribution is -2.59. The summed E-state index contributed by atoms with van der Waals surface area (Å²) in [5.74, 6) is 26.8. The van der Waals surface area contributed by atoms with E-state index < -0.39 is 0 Å². The Labute approximate surface area is 332 Å². The van der Waals surface area contributed by atoms with Crippen molar-refractivity contribution in [3.8, 4) is 0 Å². The van der Waals surface area contributed by atoms with Crippen LogP contribution in [0.3, 0.4) is 0 Å². The average molecular weight is 750 g/mol. The van der Waals surface area contributed by atoms with Crippen LogP contribution in [0.15, 0.2) is 46.6 Å². The number of ether oxygens (including phenoxy) is 2. The molecule has 18 rings (SSSR count). The van der Waals surface area contributed by atoms with Crippen LogP contribution in [0.25, 0.3) is 0 Å². The zero-order chi connectivity index (χ0) is 35.6. The van der Waals surface area contributed by atoms with Gasteiger partial charge in [-0.1, -0.05) is 34.4 Å². The number of halogens is 1. The van der Waals surface area contributed by atoms with Gasteiger partial charge in [0.2, 0.25) is 0 Å². The van der Waals surface area contributed by atoms with E-state index in [0.29, 0.717) is 30.6 Å². The van der Waals surface area contributed by atoms with Crippen LogP contribution in [0, 0.1) is 165 Å². The maximum atomic E-state index is 14.9. The summed E-state index contributed by atoms with van der Waals surface area (Å²) in [6.07, 6.45) is 12.5. The predicted molar refractivity (Wildman–Crippen MR) is 208 cm³/mol. The van der Waals surface area contributed by atoms with Crippen molar-refractivity contribution in [1.29, 1.82) is 0 Å². The fourth-order valence-electron chi connectivity index (χ4n) is 26.3. The van der Waals surface area contributed by atoms with Crippen LogP contribution < -0.4 is 0 Å². The highest BCUT2D eigenvalue weighted by atomic mass is 19.1. The first kappa shape index (κ1) is 30.5. The van der Waals surface area contributed by atoms with E-state index in [1.54, 1.807) is 39.2 Å². The van der Waals surface area contributed by atoms with Crippen molar-refractivity contribution >= 4 is 0 Å². The first-order chi connectivity index (χ1) is 27.7. The van der Waals surface area contributed by atoms with Gasteiger partial charge in [-0.15, -0.1) is 0 Å². The van der Waals surface area contributed by atoms with E-state index in [0.717, 1.165) is 161 Å². The quantitative estimate of drug-likeness (QED) is 0.206. The number of hydrogen-bond donors (Lipinski definition) is 0. The van der Waals surface area contributed by atoms with Crippen LogP contribution in [0.4, 0.5) is 4.39 Å². The van der Waals surface area contributed by atoms with Crippen LogP contribution in [0.1, 0.15) is 63.0 Å². The van der Waals surface area contributed by atoms with Crippen molar-refractivity contribution in [3.63, 3.8) is 0 Å². The second kappa shape index (κ2) is 9.37. The fourth-order valence-corrected chi connectivity index (χ4v) is 26.3. The van der Waals surface area contributed by atoms with Gasteiger partial charge in [0.05, 0.1) is 19.8 Å². The highest BCUT2D eigenvalue weighted by molar-refractivity contribution is 5.56. The SMILES string of the molecule is COCCOCCN1CC2C3=C4C5C6=C(C3)CC3CC7CC8CC9CC%10CC%11CC2(C2C4C4C5C5C(C63)C7C3C8C9C6C%10C(C4C6C35)C%112)C1c1ccc(F)cc1. The Morgan fingerprint density at radius 3 is 2.04 bits per heavy atom. The summed E-state index contributed by atoms with van der Waals surface area (Å²) in [4.78, 5) is 2.96. The highest BCUT2D eigenvalue weighted by Gasteiger charge is 2.88. The molecule has 0 radical (unpaired) electrons. The average Bonchev–Trinajstić information content (AvgIpc) is 4.05. The maximum Gasteiger partial charge on any atom is 0.123 e. The molecule has 14 fully saturated rings. The molecule has 3 nitrogen and oxygen atoms in total. The molecule has 4 heteroatoms. The van der Waals surface area contributed by atoms with Crippen molar-refractivity contribution < 1.29 is 13.9 Å². The molecule has 1 aliphatic heterocycles. The summed E-state index contributed by atoms with van der Waals surface area (Å²) in [7, 11) is 1.79. The molecule has 56 heavy (non-hydrogen) atoms. The number of rotatable bonds is 7. The molecule has 1 aromatic rings. The number of nitrogens with zero attached hydrogens (tertiary/aromatic N) is 1. The summed E-state index contributed by atoms with van der Waals surface area (Å²) in [5.41, 5.74) is 10.2. The minimum absolute atomic E-state index is 0.0681. The minimum atomic E-state index is -0.0681. The van der Waals surface area contributed by atoms with E-state index in [-0.39, 0.29) is 5.82 Å². The third-order valence-electron chi connectivity index (χ3n) is 25.1. The molecule has 1 spiro atoms. The summed E-state index contributed by atoms with van der Waals surface area (Å²) in [5, 5.41) is 0. The minimum Gasteiger partial charge on any atom is -0.382 e. The Bertz CT molecular complexity index is 2120. The molecule has 28 atom stereocenters. The van der Waals surface area contributed by atoms with Gasteiger partial charge in [0.25, 0.3) is 0 Å². The standard InChI is InChI=1S/C52H60FNO2/c1-55-8-9-56-7-6-54-18-29-28-16-25-14-22-12-23-11-20-10-21-13-24-15-26-17-52(29,51(54)19-2-4-27(53)5-3-19)50-36(26)41-35(24)40-31(21)30(20)38-34(23)39-32(22)33(25)42-37(28)49(50)48-46(41)44(40)43(38)45(39)47(42)48/h2-5,20-24,26,29-32,34-36,38-51H,6-18H2,1H3. The molecule has 28 unspecified atom stereocenters. The topological polar surface area (TPSA) is 21.7 Å². The number of benzene rings is 1. The molecule has 13 saturated carbocycles. The largest absolute Gasteiger partial charge is 0.382 e. The second-order valence-electron chi connectivity index (χ2n) is 24.8. The Hall–Kier alpha value is -1.49. The molecule has 17 aliphatic rings. The van der Waals surface area contributed by atoms with E-state index in [1.807, 2.05) is 17.7 Å². The molecule has 292 valence electrons. The summed E-state index contributed by atoms with van der Waals surface area (Å²) in [6.45, 7) is 4.34. The summed E-state index contributed by atoms with van der Waals surface area (Å²) >= 11 is 0. The van der Waals surface area contributed by atoms with Crippen LogP contribution in [-0.2, 0) is 9.47 Å². The van der Waals surface area contributed by atoms with Crippen molar-refractivity contribution in [2.24, 2.45) is 159 Å². The molecule has 0 amide bonds. The molecule has 0 aromatic heterocycles. The van der Waals surface area contributed by atoms with E-state index in [2.05, 4.69) is 33.8 Å². The Morgan fingerprint density at radius 2 is 1.27 bits per heavy atom. The lowest BCUT2D eigenvalue weighted by Gasteiger charge is -2.62. The molecule has 0 N–H and O–H groups in total. The third-order valence-corrected chi connectivity index (χ3v) is 25.1. The Balaban J connectivity index is 0.909. The number of methoxy groups -OCH3 is 1. The highest BCUT2D eigenvalue weighted by Crippen LogP contribution is 2.93. The van der Waals surface area contributed by atoms with Gasteiger partial charge in [0.15, 0.2) is 0 Å². The van der Waals surface area contributed by atoms with Gasteiger partial charge in [-0.2, -0.15) is 0 Å². The number of likely N-dealkylation sites (tertiary alicyclic amines) is 1. The van der Waals surface area contributed by atoms with E-state index >= 15 is 0 Å². The predicted octanol–water partition coefficient (Wildman–Crippen LogP) is 8.78. The normalized spacial score (nSPS) is 65.5. The molecule has 1 heterocycles. The van der Waals surface area contributed by atoms with Gasteiger partial charge < -0.3 is 9.47 Å².